The molecule has 2 rings (SSSR count). The lowest BCUT2D eigenvalue weighted by Crippen LogP contribution is -2.15. The van der Waals surface area contributed by atoms with Gasteiger partial charge < -0.3 is 0 Å². The maximum atomic E-state index is 9.35. The van der Waals surface area contributed by atoms with Gasteiger partial charge in [0, 0.05) is 5.02 Å². The van der Waals surface area contributed by atoms with Crippen molar-refractivity contribution in [3.8, 4) is 6.07 Å². The van der Waals surface area contributed by atoms with Crippen molar-refractivity contribution in [2.24, 2.45) is 5.92 Å². The van der Waals surface area contributed by atoms with Crippen LogP contribution in [0.5, 0.6) is 0 Å². The molecule has 1 fully saturated rings. The van der Waals surface area contributed by atoms with E-state index in [0.717, 1.165) is 10.6 Å². The van der Waals surface area contributed by atoms with Crippen LogP contribution in [0.1, 0.15) is 43.6 Å². The van der Waals surface area contributed by atoms with Crippen LogP contribution in [0.2, 0.25) is 5.02 Å². The lowest BCUT2D eigenvalue weighted by Gasteiger charge is -2.26. The molecule has 1 unspecified atom stereocenters. The summed E-state index contributed by atoms with van der Waals surface area (Å²) in [6.45, 7) is 0. The molecule has 1 aliphatic carbocycles. The fourth-order valence-corrected chi connectivity index (χ4v) is 2.88. The minimum atomic E-state index is -0.0194. The number of nitrogens with zero attached hydrogens (tertiary/aromatic N) is 1. The largest absolute Gasteiger partial charge is 0.198 e. The number of rotatable bonds is 2. The van der Waals surface area contributed by atoms with E-state index < -0.39 is 0 Å². The monoisotopic (exact) mass is 233 g/mol. The highest BCUT2D eigenvalue weighted by atomic mass is 35.5. The summed E-state index contributed by atoms with van der Waals surface area (Å²) in [5.74, 6) is 0.479. The zero-order valence-electron chi connectivity index (χ0n) is 9.32. The molecule has 1 nitrogen and oxygen atoms in total. The summed E-state index contributed by atoms with van der Waals surface area (Å²) in [6, 6.07) is 10.2. The molecule has 1 aliphatic rings. The molecular weight excluding hydrogens is 218 g/mol. The molecule has 2 heteroatoms. The van der Waals surface area contributed by atoms with Gasteiger partial charge in [-0.3, -0.25) is 0 Å². The van der Waals surface area contributed by atoms with Crippen LogP contribution in [0.15, 0.2) is 24.3 Å². The quantitative estimate of drug-likeness (QED) is 0.737. The third-order valence-corrected chi connectivity index (χ3v) is 3.84. The number of hydrogen-bond donors (Lipinski definition) is 0. The molecule has 16 heavy (non-hydrogen) atoms. The van der Waals surface area contributed by atoms with Gasteiger partial charge in [-0.1, -0.05) is 49.1 Å². The Morgan fingerprint density at radius 3 is 2.50 bits per heavy atom. The molecule has 0 bridgehead atoms. The van der Waals surface area contributed by atoms with E-state index in [-0.39, 0.29) is 5.92 Å². The summed E-state index contributed by atoms with van der Waals surface area (Å²) < 4.78 is 0. The van der Waals surface area contributed by atoms with Gasteiger partial charge in [-0.15, -0.1) is 0 Å². The van der Waals surface area contributed by atoms with Crippen LogP contribution in [-0.4, -0.2) is 0 Å². The van der Waals surface area contributed by atoms with Crippen LogP contribution < -0.4 is 0 Å². The molecule has 0 heterocycles. The van der Waals surface area contributed by atoms with Gasteiger partial charge >= 0.3 is 0 Å². The van der Waals surface area contributed by atoms with E-state index in [4.69, 9.17) is 11.6 Å². The zero-order chi connectivity index (χ0) is 11.4. The molecule has 1 aromatic carbocycles. The van der Waals surface area contributed by atoms with Gasteiger partial charge in [0.15, 0.2) is 0 Å². The van der Waals surface area contributed by atoms with Gasteiger partial charge in [-0.05, 0) is 30.4 Å². The third kappa shape index (κ3) is 2.39. The summed E-state index contributed by atoms with van der Waals surface area (Å²) in [7, 11) is 0. The van der Waals surface area contributed by atoms with E-state index in [9.17, 15) is 5.26 Å². The van der Waals surface area contributed by atoms with E-state index in [1.807, 2.05) is 24.3 Å². The minimum absolute atomic E-state index is 0.0194. The number of nitriles is 1. The summed E-state index contributed by atoms with van der Waals surface area (Å²) in [5.41, 5.74) is 1.01. The fourth-order valence-electron chi connectivity index (χ4n) is 2.62. The zero-order valence-corrected chi connectivity index (χ0v) is 10.1. The van der Waals surface area contributed by atoms with Gasteiger partial charge in [0.05, 0.1) is 12.0 Å². The molecule has 1 atom stereocenters. The van der Waals surface area contributed by atoms with E-state index in [2.05, 4.69) is 6.07 Å². The Bertz CT molecular complexity index is 388. The van der Waals surface area contributed by atoms with Gasteiger partial charge in [0.1, 0.15) is 0 Å². The second-order valence-corrected chi connectivity index (χ2v) is 4.93. The molecule has 0 saturated heterocycles. The Labute approximate surface area is 102 Å². The van der Waals surface area contributed by atoms with Crippen LogP contribution in [0, 0.1) is 17.2 Å². The van der Waals surface area contributed by atoms with Crippen molar-refractivity contribution < 1.29 is 0 Å². The van der Waals surface area contributed by atoms with Crippen LogP contribution in [0.25, 0.3) is 0 Å². The lowest BCUT2D eigenvalue weighted by atomic mass is 9.77. The first kappa shape index (κ1) is 11.5. The predicted octanol–water partition coefficient (Wildman–Crippen LogP) is 4.53. The molecule has 1 saturated carbocycles. The summed E-state index contributed by atoms with van der Waals surface area (Å²) in [6.07, 6.45) is 6.17. The Kier molecular flexibility index (Phi) is 3.85. The second kappa shape index (κ2) is 5.37. The van der Waals surface area contributed by atoms with Gasteiger partial charge in [-0.2, -0.15) is 5.26 Å². The molecule has 0 N–H and O–H groups in total. The Balaban J connectivity index is 2.22. The van der Waals surface area contributed by atoms with Crippen molar-refractivity contribution in [1.82, 2.24) is 0 Å². The van der Waals surface area contributed by atoms with Crippen molar-refractivity contribution in [2.75, 3.05) is 0 Å². The first-order valence-electron chi connectivity index (χ1n) is 5.97. The minimum Gasteiger partial charge on any atom is -0.198 e. The highest BCUT2D eigenvalue weighted by Gasteiger charge is 2.26. The highest BCUT2D eigenvalue weighted by molar-refractivity contribution is 6.31. The van der Waals surface area contributed by atoms with Crippen LogP contribution >= 0.6 is 11.6 Å². The highest BCUT2D eigenvalue weighted by Crippen LogP contribution is 2.37. The Morgan fingerprint density at radius 1 is 1.19 bits per heavy atom. The number of benzene rings is 1. The Hall–Kier alpha value is -1.00. The maximum absolute atomic E-state index is 9.35. The third-order valence-electron chi connectivity index (χ3n) is 3.50. The maximum Gasteiger partial charge on any atom is 0.0755 e. The summed E-state index contributed by atoms with van der Waals surface area (Å²) in [5, 5.41) is 10.1. The molecule has 0 radical (unpaired) electrons. The topological polar surface area (TPSA) is 23.8 Å². The van der Waals surface area contributed by atoms with Crippen molar-refractivity contribution in [3.63, 3.8) is 0 Å². The average Bonchev–Trinajstić information content (AvgIpc) is 2.34. The fraction of sp³-hybridized carbons (Fsp3) is 0.500. The van der Waals surface area contributed by atoms with Gasteiger partial charge in [0.25, 0.3) is 0 Å². The van der Waals surface area contributed by atoms with E-state index in [1.165, 1.54) is 32.1 Å². The van der Waals surface area contributed by atoms with Crippen LogP contribution in [-0.2, 0) is 0 Å². The number of hydrogen-bond acceptors (Lipinski definition) is 1. The van der Waals surface area contributed by atoms with E-state index >= 15 is 0 Å². The molecular formula is C14H16ClN. The van der Waals surface area contributed by atoms with Crippen molar-refractivity contribution in [1.29, 1.82) is 5.26 Å². The first-order valence-corrected chi connectivity index (χ1v) is 6.35. The Morgan fingerprint density at radius 2 is 1.88 bits per heavy atom. The number of halogens is 1. The van der Waals surface area contributed by atoms with Crippen molar-refractivity contribution in [3.05, 3.63) is 34.9 Å². The molecule has 1 aromatic rings. The van der Waals surface area contributed by atoms with Gasteiger partial charge in [-0.25, -0.2) is 0 Å². The SMILES string of the molecule is N#CC(c1ccccc1Cl)C1CCCCC1. The normalized spacial score (nSPS) is 19.0. The standard InChI is InChI=1S/C14H16ClN/c15-14-9-5-4-8-12(14)13(10-16)11-6-2-1-3-7-11/h4-5,8-9,11,13H,1-3,6-7H2. The predicted molar refractivity (Wildman–Crippen MR) is 66.4 cm³/mol. The molecule has 0 aliphatic heterocycles. The smallest absolute Gasteiger partial charge is 0.0755 e. The average molecular weight is 234 g/mol. The van der Waals surface area contributed by atoms with E-state index in [1.54, 1.807) is 0 Å². The van der Waals surface area contributed by atoms with Crippen LogP contribution in [0.3, 0.4) is 0 Å². The van der Waals surface area contributed by atoms with Gasteiger partial charge in [0.2, 0.25) is 0 Å². The molecule has 0 spiro atoms. The molecule has 0 amide bonds. The van der Waals surface area contributed by atoms with E-state index in [0.29, 0.717) is 5.92 Å². The van der Waals surface area contributed by atoms with Crippen LogP contribution in [0.4, 0.5) is 0 Å². The van der Waals surface area contributed by atoms with Crippen molar-refractivity contribution in [2.45, 2.75) is 38.0 Å². The molecule has 0 aromatic heterocycles. The van der Waals surface area contributed by atoms with Crippen molar-refractivity contribution >= 4 is 11.6 Å². The summed E-state index contributed by atoms with van der Waals surface area (Å²) in [4.78, 5) is 0. The summed E-state index contributed by atoms with van der Waals surface area (Å²) >= 11 is 6.17. The lowest BCUT2D eigenvalue weighted by molar-refractivity contribution is 0.336. The second-order valence-electron chi connectivity index (χ2n) is 4.53. The first-order chi connectivity index (χ1) is 7.83. The molecule has 84 valence electrons.